The molecule has 1 rings (SSSR count). The third-order valence-electron chi connectivity index (χ3n) is 11.0. The van der Waals surface area contributed by atoms with Crippen LogP contribution in [0.25, 0.3) is 0 Å². The number of unbranched alkanes of at least 4 members (excludes halogenated alkanes) is 21. The van der Waals surface area contributed by atoms with Gasteiger partial charge in [-0.3, -0.25) is 4.79 Å². The van der Waals surface area contributed by atoms with E-state index < -0.39 is 61.5 Å². The highest BCUT2D eigenvalue weighted by Gasteiger charge is 2.44. The Labute approximate surface area is 353 Å². The minimum Gasteiger partial charge on any atom is -0.394 e. The molecule has 1 saturated heterocycles. The summed E-state index contributed by atoms with van der Waals surface area (Å²) in [5.74, 6) is -0.629. The molecule has 0 radical (unpaired) electrons. The van der Waals surface area contributed by atoms with Crippen LogP contribution < -0.4 is 5.32 Å². The molecule has 338 valence electrons. The third-order valence-corrected chi connectivity index (χ3v) is 11.0. The van der Waals surface area contributed by atoms with Crippen LogP contribution in [0.1, 0.15) is 187 Å². The van der Waals surface area contributed by atoms with Gasteiger partial charge in [-0.1, -0.05) is 178 Å². The number of nitrogens with one attached hydrogen (secondary N) is 1. The zero-order valence-electron chi connectivity index (χ0n) is 36.7. The molecule has 8 atom stereocenters. The van der Waals surface area contributed by atoms with Gasteiger partial charge in [-0.15, -0.1) is 0 Å². The van der Waals surface area contributed by atoms with Gasteiger partial charge in [0, 0.05) is 0 Å². The molecule has 0 aromatic rings. The van der Waals surface area contributed by atoms with Gasteiger partial charge in [0.2, 0.25) is 5.91 Å². The van der Waals surface area contributed by atoms with E-state index in [0.717, 1.165) is 44.9 Å². The quantitative estimate of drug-likeness (QED) is 0.0238. The molecule has 1 aliphatic heterocycles. The van der Waals surface area contributed by atoms with Crippen molar-refractivity contribution in [2.24, 2.45) is 0 Å². The van der Waals surface area contributed by atoms with Crippen LogP contribution in [0.2, 0.25) is 0 Å². The van der Waals surface area contributed by atoms with E-state index in [1.54, 1.807) is 6.08 Å². The fourth-order valence-electron chi connectivity index (χ4n) is 7.16. The van der Waals surface area contributed by atoms with Gasteiger partial charge in [-0.05, 0) is 57.8 Å². The van der Waals surface area contributed by atoms with Crippen LogP contribution >= 0.6 is 0 Å². The number of carbonyl (C=O) groups is 1. The highest BCUT2D eigenvalue weighted by molar-refractivity contribution is 5.80. The van der Waals surface area contributed by atoms with E-state index >= 15 is 0 Å². The first kappa shape index (κ1) is 54.1. The lowest BCUT2D eigenvalue weighted by atomic mass is 9.99. The predicted octanol–water partition coefficient (Wildman–Crippen LogP) is 8.81. The molecule has 0 aliphatic carbocycles. The summed E-state index contributed by atoms with van der Waals surface area (Å²) in [6.45, 7) is 3.47. The molecular formula is C48H87NO9. The van der Waals surface area contributed by atoms with Crippen LogP contribution in [0, 0.1) is 0 Å². The molecular weight excluding hydrogens is 735 g/mol. The average Bonchev–Trinajstić information content (AvgIpc) is 3.22. The van der Waals surface area contributed by atoms with Crippen molar-refractivity contribution in [2.45, 2.75) is 236 Å². The van der Waals surface area contributed by atoms with E-state index in [0.29, 0.717) is 19.3 Å². The van der Waals surface area contributed by atoms with Gasteiger partial charge in [0.25, 0.3) is 0 Å². The molecule has 0 saturated carbocycles. The van der Waals surface area contributed by atoms with Gasteiger partial charge in [-0.2, -0.15) is 0 Å². The topological polar surface area (TPSA) is 169 Å². The average molecular weight is 822 g/mol. The minimum absolute atomic E-state index is 0.301. The molecule has 1 heterocycles. The second-order valence-electron chi connectivity index (χ2n) is 16.3. The van der Waals surface area contributed by atoms with Crippen molar-refractivity contribution in [3.8, 4) is 0 Å². The van der Waals surface area contributed by atoms with Crippen LogP contribution in [0.5, 0.6) is 0 Å². The van der Waals surface area contributed by atoms with Crippen LogP contribution in [0.15, 0.2) is 48.6 Å². The van der Waals surface area contributed by atoms with Crippen molar-refractivity contribution in [1.29, 1.82) is 0 Å². The molecule has 10 nitrogen and oxygen atoms in total. The molecule has 1 aliphatic rings. The number of ether oxygens (including phenoxy) is 2. The van der Waals surface area contributed by atoms with E-state index in [9.17, 15) is 35.4 Å². The Morgan fingerprint density at radius 2 is 1.12 bits per heavy atom. The normalized spacial score (nSPS) is 21.8. The smallest absolute Gasteiger partial charge is 0.249 e. The second-order valence-corrected chi connectivity index (χ2v) is 16.3. The van der Waals surface area contributed by atoms with E-state index in [1.807, 2.05) is 6.08 Å². The van der Waals surface area contributed by atoms with E-state index in [1.165, 1.54) is 109 Å². The molecule has 8 unspecified atom stereocenters. The van der Waals surface area contributed by atoms with Gasteiger partial charge in [0.1, 0.15) is 30.5 Å². The van der Waals surface area contributed by atoms with Crippen LogP contribution in [0.3, 0.4) is 0 Å². The lowest BCUT2D eigenvalue weighted by molar-refractivity contribution is -0.302. The Hall–Kier alpha value is -1.89. The fourth-order valence-corrected chi connectivity index (χ4v) is 7.16. The van der Waals surface area contributed by atoms with Gasteiger partial charge in [0.15, 0.2) is 6.29 Å². The second kappa shape index (κ2) is 38.1. The Kier molecular flexibility index (Phi) is 35.5. The van der Waals surface area contributed by atoms with Crippen LogP contribution in [0.4, 0.5) is 0 Å². The first-order chi connectivity index (χ1) is 28.3. The third kappa shape index (κ3) is 27.8. The zero-order chi connectivity index (χ0) is 42.5. The number of aliphatic hydroxyl groups excluding tert-OH is 6. The largest absolute Gasteiger partial charge is 0.394 e. The maximum absolute atomic E-state index is 13.0. The Morgan fingerprint density at radius 3 is 1.69 bits per heavy atom. The Balaban J connectivity index is 2.38. The number of carbonyl (C=O) groups excluding carboxylic acids is 1. The summed E-state index contributed by atoms with van der Waals surface area (Å²) in [6.07, 6.45) is 37.7. The predicted molar refractivity (Wildman–Crippen MR) is 236 cm³/mol. The molecule has 1 fully saturated rings. The van der Waals surface area contributed by atoms with E-state index in [-0.39, 0.29) is 6.61 Å². The summed E-state index contributed by atoms with van der Waals surface area (Å²) in [5, 5.41) is 64.6. The number of hydrogen-bond donors (Lipinski definition) is 7. The molecule has 0 spiro atoms. The minimum atomic E-state index is -1.62. The van der Waals surface area contributed by atoms with Crippen molar-refractivity contribution >= 4 is 5.91 Å². The Bertz CT molecular complexity index is 1060. The van der Waals surface area contributed by atoms with Crippen molar-refractivity contribution in [1.82, 2.24) is 5.32 Å². The van der Waals surface area contributed by atoms with Crippen LogP contribution in [-0.2, 0) is 14.3 Å². The number of hydrogen-bond acceptors (Lipinski definition) is 9. The van der Waals surface area contributed by atoms with Crippen molar-refractivity contribution in [2.75, 3.05) is 13.2 Å². The monoisotopic (exact) mass is 822 g/mol. The highest BCUT2D eigenvalue weighted by atomic mass is 16.7. The summed E-state index contributed by atoms with van der Waals surface area (Å²) < 4.78 is 11.1. The van der Waals surface area contributed by atoms with Gasteiger partial charge in [-0.25, -0.2) is 0 Å². The molecule has 7 N–H and O–H groups in total. The molecule has 58 heavy (non-hydrogen) atoms. The van der Waals surface area contributed by atoms with Gasteiger partial charge in [0.05, 0.1) is 25.4 Å². The summed E-state index contributed by atoms with van der Waals surface area (Å²) >= 11 is 0. The lowest BCUT2D eigenvalue weighted by Crippen LogP contribution is -2.60. The SMILES string of the molecule is CC/C=C\C/C=C\CCCCCCCCCCCCCCCC(O)C(=O)NC(COC1OC(CO)C(O)C(O)C1O)C(O)/C=C/CC/C=C/CCCCCCCCC. The number of amides is 1. The van der Waals surface area contributed by atoms with Gasteiger partial charge >= 0.3 is 0 Å². The number of allylic oxidation sites excluding steroid dienone is 7. The summed E-state index contributed by atoms with van der Waals surface area (Å²) in [7, 11) is 0. The summed E-state index contributed by atoms with van der Waals surface area (Å²) in [6, 6.07) is -0.996. The fraction of sp³-hybridized carbons (Fsp3) is 0.812. The summed E-state index contributed by atoms with van der Waals surface area (Å²) in [5.41, 5.74) is 0. The first-order valence-corrected chi connectivity index (χ1v) is 23.5. The molecule has 10 heteroatoms. The molecule has 1 amide bonds. The maximum atomic E-state index is 13.0. The van der Waals surface area contributed by atoms with E-state index in [4.69, 9.17) is 9.47 Å². The Morgan fingerprint density at radius 1 is 0.621 bits per heavy atom. The molecule has 0 aromatic carbocycles. The zero-order valence-corrected chi connectivity index (χ0v) is 36.7. The number of rotatable bonds is 38. The van der Waals surface area contributed by atoms with Gasteiger partial charge < -0.3 is 45.4 Å². The summed E-state index contributed by atoms with van der Waals surface area (Å²) in [4.78, 5) is 13.0. The molecule has 0 aromatic heterocycles. The lowest BCUT2D eigenvalue weighted by Gasteiger charge is -2.40. The maximum Gasteiger partial charge on any atom is 0.249 e. The van der Waals surface area contributed by atoms with E-state index in [2.05, 4.69) is 55.6 Å². The standard InChI is InChI=1S/C48H87NO9/c1-3-5-7-9-11-13-15-17-18-19-20-21-22-23-25-27-29-31-33-35-37-42(52)47(56)49-40(39-57-48-46(55)45(54)44(53)43(38-50)58-48)41(51)36-34-32-30-28-26-24-16-14-12-10-8-6-4-2/h5,7,11,13,26,28,34,36,40-46,48,50-55H,3-4,6,8-10,12,14-25,27,29-33,35,37-39H2,1-2H3,(H,49,56)/b7-5-,13-11-,28-26+,36-34+. The number of aliphatic hydroxyl groups is 6. The highest BCUT2D eigenvalue weighted by Crippen LogP contribution is 2.22. The van der Waals surface area contributed by atoms with Crippen molar-refractivity contribution in [3.63, 3.8) is 0 Å². The first-order valence-electron chi connectivity index (χ1n) is 23.5. The van der Waals surface area contributed by atoms with Crippen LogP contribution in [-0.4, -0.2) is 98.7 Å². The van der Waals surface area contributed by atoms with Crippen molar-refractivity contribution in [3.05, 3.63) is 48.6 Å². The van der Waals surface area contributed by atoms with Crippen molar-refractivity contribution < 1.29 is 44.9 Å². The molecule has 0 bridgehead atoms.